The van der Waals surface area contributed by atoms with Gasteiger partial charge in [-0.25, -0.2) is 0 Å². The Morgan fingerprint density at radius 2 is 2.29 bits per heavy atom. The molecule has 80 valence electrons. The van der Waals surface area contributed by atoms with Crippen LogP contribution in [-0.4, -0.2) is 17.5 Å². The van der Waals surface area contributed by atoms with Gasteiger partial charge in [-0.05, 0) is 39.0 Å². The Bertz CT molecular complexity index is 231. The maximum absolute atomic E-state index is 11.6. The van der Waals surface area contributed by atoms with Crippen LogP contribution in [0.3, 0.4) is 0 Å². The Hall–Kier alpha value is -0.830. The Morgan fingerprint density at radius 1 is 1.71 bits per heavy atom. The van der Waals surface area contributed by atoms with Crippen molar-refractivity contribution in [3.8, 4) is 0 Å². The smallest absolute Gasteiger partial charge is 0.237 e. The van der Waals surface area contributed by atoms with Crippen LogP contribution in [0.25, 0.3) is 0 Å². The van der Waals surface area contributed by atoms with Crippen molar-refractivity contribution >= 4 is 5.91 Å². The van der Waals surface area contributed by atoms with Gasteiger partial charge in [-0.2, -0.15) is 0 Å². The van der Waals surface area contributed by atoms with Gasteiger partial charge >= 0.3 is 0 Å². The highest BCUT2D eigenvalue weighted by atomic mass is 16.2. The second-order valence-corrected chi connectivity index (χ2v) is 4.62. The predicted octanol–water partition coefficient (Wildman–Crippen LogP) is 1.19. The maximum Gasteiger partial charge on any atom is 0.237 e. The lowest BCUT2D eigenvalue weighted by Crippen LogP contribution is -2.51. The summed E-state index contributed by atoms with van der Waals surface area (Å²) in [5.74, 6) is 0.559. The molecular formula is C11H20N2O. The van der Waals surface area contributed by atoms with Crippen LogP contribution in [0.15, 0.2) is 12.7 Å². The number of rotatable bonds is 5. The highest BCUT2D eigenvalue weighted by molar-refractivity contribution is 5.82. The Labute approximate surface area is 85.7 Å². The number of carbonyl (C=O) groups is 1. The van der Waals surface area contributed by atoms with E-state index in [1.165, 1.54) is 12.8 Å². The van der Waals surface area contributed by atoms with Gasteiger partial charge in [-0.1, -0.05) is 6.08 Å². The fourth-order valence-electron chi connectivity index (χ4n) is 1.60. The van der Waals surface area contributed by atoms with Crippen molar-refractivity contribution in [2.24, 2.45) is 11.7 Å². The van der Waals surface area contributed by atoms with Crippen molar-refractivity contribution < 1.29 is 4.79 Å². The van der Waals surface area contributed by atoms with Crippen LogP contribution in [0.1, 0.15) is 33.1 Å². The van der Waals surface area contributed by atoms with E-state index in [0.29, 0.717) is 12.3 Å². The second kappa shape index (κ2) is 4.13. The van der Waals surface area contributed by atoms with Gasteiger partial charge in [0.05, 0.1) is 6.04 Å². The van der Waals surface area contributed by atoms with E-state index in [-0.39, 0.29) is 11.4 Å². The molecule has 3 nitrogen and oxygen atoms in total. The molecule has 1 rings (SSSR count). The van der Waals surface area contributed by atoms with E-state index in [2.05, 4.69) is 25.7 Å². The number of nitrogens with two attached hydrogens (primary N) is 1. The highest BCUT2D eigenvalue weighted by Crippen LogP contribution is 2.39. The first-order valence-electron chi connectivity index (χ1n) is 5.16. The molecule has 0 aromatic rings. The summed E-state index contributed by atoms with van der Waals surface area (Å²) in [6.45, 7) is 7.68. The molecule has 1 saturated carbocycles. The van der Waals surface area contributed by atoms with Crippen molar-refractivity contribution in [3.63, 3.8) is 0 Å². The summed E-state index contributed by atoms with van der Waals surface area (Å²) in [6.07, 6.45) is 4.63. The van der Waals surface area contributed by atoms with Gasteiger partial charge in [0, 0.05) is 5.54 Å². The minimum Gasteiger partial charge on any atom is -0.350 e. The lowest BCUT2D eigenvalue weighted by atomic mass is 9.98. The molecule has 3 heteroatoms. The summed E-state index contributed by atoms with van der Waals surface area (Å²) >= 11 is 0. The van der Waals surface area contributed by atoms with Crippen molar-refractivity contribution in [1.29, 1.82) is 0 Å². The fraction of sp³-hybridized carbons (Fsp3) is 0.727. The SMILES string of the molecule is C=CCC(N)C(=O)NC(C)(C)C1CC1. The van der Waals surface area contributed by atoms with E-state index in [0.717, 1.165) is 0 Å². The summed E-state index contributed by atoms with van der Waals surface area (Å²) in [6, 6.07) is -0.453. The van der Waals surface area contributed by atoms with Crippen LogP contribution in [0.5, 0.6) is 0 Å². The molecule has 0 saturated heterocycles. The van der Waals surface area contributed by atoms with Crippen LogP contribution in [-0.2, 0) is 4.79 Å². The number of amides is 1. The molecule has 0 bridgehead atoms. The van der Waals surface area contributed by atoms with Gasteiger partial charge in [0.1, 0.15) is 0 Å². The molecular weight excluding hydrogens is 176 g/mol. The van der Waals surface area contributed by atoms with Crippen molar-refractivity contribution in [2.45, 2.75) is 44.7 Å². The summed E-state index contributed by atoms with van der Waals surface area (Å²) in [5, 5.41) is 2.99. The van der Waals surface area contributed by atoms with Gasteiger partial charge in [-0.15, -0.1) is 6.58 Å². The van der Waals surface area contributed by atoms with Gasteiger partial charge in [0.25, 0.3) is 0 Å². The van der Waals surface area contributed by atoms with Crippen molar-refractivity contribution in [1.82, 2.24) is 5.32 Å². The molecule has 1 fully saturated rings. The average molecular weight is 196 g/mol. The minimum absolute atomic E-state index is 0.0678. The maximum atomic E-state index is 11.6. The largest absolute Gasteiger partial charge is 0.350 e. The zero-order valence-corrected chi connectivity index (χ0v) is 9.05. The van der Waals surface area contributed by atoms with Crippen molar-refractivity contribution in [2.75, 3.05) is 0 Å². The molecule has 0 aromatic heterocycles. The first kappa shape index (κ1) is 11.2. The molecule has 1 aliphatic rings. The summed E-state index contributed by atoms with van der Waals surface area (Å²) < 4.78 is 0. The zero-order chi connectivity index (χ0) is 10.8. The van der Waals surface area contributed by atoms with E-state index >= 15 is 0 Å². The van der Waals surface area contributed by atoms with E-state index < -0.39 is 6.04 Å². The molecule has 0 radical (unpaired) electrons. The van der Waals surface area contributed by atoms with Crippen LogP contribution in [0, 0.1) is 5.92 Å². The van der Waals surface area contributed by atoms with Gasteiger partial charge in [0.15, 0.2) is 0 Å². The molecule has 0 heterocycles. The quantitative estimate of drug-likeness (QED) is 0.649. The third kappa shape index (κ3) is 2.84. The Balaban J connectivity index is 2.42. The van der Waals surface area contributed by atoms with Crippen LogP contribution < -0.4 is 11.1 Å². The normalized spacial score (nSPS) is 18.8. The molecule has 1 aliphatic carbocycles. The second-order valence-electron chi connectivity index (χ2n) is 4.62. The van der Waals surface area contributed by atoms with Crippen molar-refractivity contribution in [3.05, 3.63) is 12.7 Å². The number of nitrogens with one attached hydrogen (secondary N) is 1. The standard InChI is InChI=1S/C11H20N2O/c1-4-5-9(12)10(14)13-11(2,3)8-6-7-8/h4,8-9H,1,5-7,12H2,2-3H3,(H,13,14). The van der Waals surface area contributed by atoms with Gasteiger partial charge in [-0.3, -0.25) is 4.79 Å². The monoisotopic (exact) mass is 196 g/mol. The van der Waals surface area contributed by atoms with E-state index in [9.17, 15) is 4.79 Å². The zero-order valence-electron chi connectivity index (χ0n) is 9.05. The van der Waals surface area contributed by atoms with Crippen LogP contribution in [0.4, 0.5) is 0 Å². The van der Waals surface area contributed by atoms with E-state index in [4.69, 9.17) is 5.73 Å². The van der Waals surface area contributed by atoms with E-state index in [1.807, 2.05) is 0 Å². The van der Waals surface area contributed by atoms with Crippen LogP contribution >= 0.6 is 0 Å². The third-order valence-electron chi connectivity index (χ3n) is 2.80. The highest BCUT2D eigenvalue weighted by Gasteiger charge is 2.39. The predicted molar refractivity (Wildman–Crippen MR) is 57.7 cm³/mol. The molecule has 0 aliphatic heterocycles. The number of carbonyl (C=O) groups excluding carboxylic acids is 1. The first-order chi connectivity index (χ1) is 6.47. The Morgan fingerprint density at radius 3 is 2.71 bits per heavy atom. The lowest BCUT2D eigenvalue weighted by Gasteiger charge is -2.27. The topological polar surface area (TPSA) is 55.1 Å². The average Bonchev–Trinajstić information content (AvgIpc) is 2.85. The molecule has 3 N–H and O–H groups in total. The number of hydrogen-bond donors (Lipinski definition) is 2. The number of hydrogen-bond acceptors (Lipinski definition) is 2. The van der Waals surface area contributed by atoms with Gasteiger partial charge < -0.3 is 11.1 Å². The first-order valence-corrected chi connectivity index (χ1v) is 5.16. The lowest BCUT2D eigenvalue weighted by molar-refractivity contribution is -0.124. The summed E-state index contributed by atoms with van der Waals surface area (Å²) in [4.78, 5) is 11.6. The minimum atomic E-state index is -0.453. The molecule has 1 amide bonds. The third-order valence-corrected chi connectivity index (χ3v) is 2.80. The van der Waals surface area contributed by atoms with Crippen LogP contribution in [0.2, 0.25) is 0 Å². The summed E-state index contributed by atoms with van der Waals surface area (Å²) in [5.41, 5.74) is 5.57. The van der Waals surface area contributed by atoms with E-state index in [1.54, 1.807) is 6.08 Å². The molecule has 1 unspecified atom stereocenters. The Kier molecular flexibility index (Phi) is 3.32. The summed E-state index contributed by atoms with van der Waals surface area (Å²) in [7, 11) is 0. The fourth-order valence-corrected chi connectivity index (χ4v) is 1.60. The molecule has 14 heavy (non-hydrogen) atoms. The molecule has 0 aromatic carbocycles. The van der Waals surface area contributed by atoms with Gasteiger partial charge in [0.2, 0.25) is 5.91 Å². The molecule has 0 spiro atoms. The molecule has 1 atom stereocenters.